The van der Waals surface area contributed by atoms with E-state index in [9.17, 15) is 0 Å². The highest BCUT2D eigenvalue weighted by Gasteiger charge is 2.54. The maximum Gasteiger partial charge on any atom is 0.188 e. The second kappa shape index (κ2) is 13.1. The number of rotatable bonds is 3. The largest absolute Gasteiger partial charge is 0.457 e. The van der Waals surface area contributed by atoms with E-state index in [1.54, 1.807) is 0 Å². The third-order valence-electron chi connectivity index (χ3n) is 14.3. The number of nitrogens with zero attached hydrogens (tertiary/aromatic N) is 7. The van der Waals surface area contributed by atoms with E-state index in [2.05, 4.69) is 175 Å². The Hall–Kier alpha value is -9.32. The lowest BCUT2D eigenvalue weighted by Crippen LogP contribution is -2.33. The van der Waals surface area contributed by atoms with E-state index >= 15 is 0 Å². The van der Waals surface area contributed by atoms with Crippen LogP contribution in [0.3, 0.4) is 0 Å². The zero-order valence-electron chi connectivity index (χ0n) is 35.6. The average molecular weight is 856 g/mol. The molecule has 7 heterocycles. The monoisotopic (exact) mass is 855 g/mol. The molecule has 0 saturated heterocycles. The summed E-state index contributed by atoms with van der Waals surface area (Å²) in [7, 11) is 0. The molecule has 0 fully saturated rings. The van der Waals surface area contributed by atoms with Gasteiger partial charge in [0, 0.05) is 74.1 Å². The van der Waals surface area contributed by atoms with Crippen LogP contribution in [0, 0.1) is 6.57 Å². The van der Waals surface area contributed by atoms with Gasteiger partial charge in [0.1, 0.15) is 11.5 Å². The van der Waals surface area contributed by atoms with Gasteiger partial charge in [-0.25, -0.2) is 4.85 Å². The van der Waals surface area contributed by atoms with Gasteiger partial charge in [-0.3, -0.25) is 15.0 Å². The number of hydrogen-bond donors (Lipinski definition) is 0. The van der Waals surface area contributed by atoms with Crippen molar-refractivity contribution >= 4 is 71.1 Å². The van der Waals surface area contributed by atoms with Gasteiger partial charge in [0.15, 0.2) is 5.69 Å². The highest BCUT2D eigenvalue weighted by atomic mass is 16.5. The van der Waals surface area contributed by atoms with Crippen molar-refractivity contribution in [2.75, 3.05) is 0 Å². The molecule has 1 spiro atoms. The molecular formula is C59H33N7O. The van der Waals surface area contributed by atoms with Crippen LogP contribution >= 0.6 is 0 Å². The SMILES string of the molecule is [C-]#[N+]c1ccc2c(c1)c1ccccc1n2-c1cccc2c1C1(c3ccc(-n4c5ccccc5c5cc(-n6c7ccccc7c7ccncc76)ccc54)cc3O2)c2cccnc2-c2ncccc21. The summed E-state index contributed by atoms with van der Waals surface area (Å²) in [5.74, 6) is 1.52. The van der Waals surface area contributed by atoms with Crippen LogP contribution in [0.15, 0.2) is 201 Å². The van der Waals surface area contributed by atoms with Crippen LogP contribution in [0.5, 0.6) is 11.5 Å². The maximum absolute atomic E-state index is 7.85. The molecule has 0 radical (unpaired) electrons. The first-order valence-electron chi connectivity index (χ1n) is 22.4. The van der Waals surface area contributed by atoms with Crippen LogP contribution in [0.25, 0.3) is 98.7 Å². The van der Waals surface area contributed by atoms with Crippen molar-refractivity contribution in [3.8, 4) is 39.9 Å². The smallest absolute Gasteiger partial charge is 0.188 e. The van der Waals surface area contributed by atoms with Gasteiger partial charge in [-0.2, -0.15) is 0 Å². The predicted octanol–water partition coefficient (Wildman–Crippen LogP) is 14.2. The lowest BCUT2D eigenvalue weighted by molar-refractivity contribution is 0.435. The third-order valence-corrected chi connectivity index (χ3v) is 14.3. The number of pyridine rings is 3. The molecule has 310 valence electrons. The van der Waals surface area contributed by atoms with E-state index in [4.69, 9.17) is 21.3 Å². The fraction of sp³-hybridized carbons (Fsp3) is 0.0169. The van der Waals surface area contributed by atoms with Crippen LogP contribution < -0.4 is 4.74 Å². The highest BCUT2D eigenvalue weighted by Crippen LogP contribution is 2.63. The van der Waals surface area contributed by atoms with Gasteiger partial charge in [0.2, 0.25) is 0 Å². The minimum atomic E-state index is -0.855. The van der Waals surface area contributed by atoms with E-state index in [0.717, 1.165) is 117 Å². The summed E-state index contributed by atoms with van der Waals surface area (Å²) in [4.78, 5) is 18.4. The number of benzene rings is 7. The number of ether oxygens (including phenoxy) is 1. The molecule has 67 heavy (non-hydrogen) atoms. The van der Waals surface area contributed by atoms with Crippen LogP contribution in [-0.2, 0) is 5.41 Å². The van der Waals surface area contributed by atoms with Crippen LogP contribution in [0.4, 0.5) is 5.69 Å². The molecule has 0 saturated carbocycles. The fourth-order valence-electron chi connectivity index (χ4n) is 11.7. The maximum atomic E-state index is 7.85. The molecule has 0 amide bonds. The van der Waals surface area contributed by atoms with Crippen molar-refractivity contribution < 1.29 is 4.74 Å². The Kier molecular flexibility index (Phi) is 7.07. The van der Waals surface area contributed by atoms with E-state index < -0.39 is 5.41 Å². The first-order valence-corrected chi connectivity index (χ1v) is 22.4. The van der Waals surface area contributed by atoms with E-state index in [1.807, 2.05) is 49.1 Å². The van der Waals surface area contributed by atoms with Gasteiger partial charge < -0.3 is 18.4 Å². The summed E-state index contributed by atoms with van der Waals surface area (Å²) < 4.78 is 14.3. The lowest BCUT2D eigenvalue weighted by Gasteiger charge is -2.40. The highest BCUT2D eigenvalue weighted by molar-refractivity contribution is 6.13. The molecule has 0 unspecified atom stereocenters. The van der Waals surface area contributed by atoms with Gasteiger partial charge in [-0.05, 0) is 101 Å². The van der Waals surface area contributed by atoms with Crippen LogP contribution in [0.1, 0.15) is 22.3 Å². The Bertz CT molecular complexity index is 4260. The summed E-state index contributed by atoms with van der Waals surface area (Å²) in [5.41, 5.74) is 15.1. The molecule has 0 N–H and O–H groups in total. The number of aromatic nitrogens is 6. The molecule has 0 atom stereocenters. The van der Waals surface area contributed by atoms with Gasteiger partial charge >= 0.3 is 0 Å². The average Bonchev–Trinajstić information content (AvgIpc) is 4.10. The Labute approximate surface area is 382 Å². The van der Waals surface area contributed by atoms with E-state index in [1.165, 1.54) is 10.8 Å². The zero-order chi connectivity index (χ0) is 44.0. The number of fused-ring (bicyclic) bond motifs is 18. The Balaban J connectivity index is 0.988. The minimum Gasteiger partial charge on any atom is -0.457 e. The lowest BCUT2D eigenvalue weighted by atomic mass is 9.65. The molecule has 8 heteroatoms. The van der Waals surface area contributed by atoms with Crippen molar-refractivity contribution in [1.82, 2.24) is 28.7 Å². The topological polar surface area (TPSA) is 67.0 Å². The molecule has 0 bridgehead atoms. The first-order chi connectivity index (χ1) is 33.2. The molecule has 2 aliphatic rings. The van der Waals surface area contributed by atoms with Gasteiger partial charge in [0.25, 0.3) is 0 Å². The summed E-state index contributed by atoms with van der Waals surface area (Å²) >= 11 is 0. The number of para-hydroxylation sites is 3. The van der Waals surface area contributed by atoms with Crippen LogP contribution in [0.2, 0.25) is 0 Å². The molecule has 15 rings (SSSR count). The summed E-state index contributed by atoms with van der Waals surface area (Å²) in [5, 5.41) is 6.80. The molecule has 8 nitrogen and oxygen atoms in total. The van der Waals surface area contributed by atoms with Gasteiger partial charge in [-0.15, -0.1) is 0 Å². The standard InChI is InChI=1S/C59H33N7O/c1-60-35-21-25-51-42(31-35)39-12-4-7-18-49(39)66(51)52-19-8-20-54-56(52)59(45-14-9-28-62-57(45)58-46(59)15-10-29-63-58)44-24-22-37(33-55(44)67-54)64-48-17-6-3-13-40(48)43-32-36(23-26-50(43)64)65-47-16-5-2-11-38(47)41-27-30-61-34-53(41)65/h2-34H. The van der Waals surface area contributed by atoms with Crippen molar-refractivity contribution in [3.63, 3.8) is 0 Å². The molecule has 6 aromatic heterocycles. The van der Waals surface area contributed by atoms with Gasteiger partial charge in [0.05, 0.1) is 68.4 Å². The minimum absolute atomic E-state index is 0.607. The Morgan fingerprint density at radius 1 is 0.433 bits per heavy atom. The third kappa shape index (κ3) is 4.61. The second-order valence-corrected chi connectivity index (χ2v) is 17.4. The Morgan fingerprint density at radius 3 is 1.75 bits per heavy atom. The Morgan fingerprint density at radius 2 is 1.01 bits per heavy atom. The van der Waals surface area contributed by atoms with Crippen molar-refractivity contribution in [2.24, 2.45) is 0 Å². The normalized spacial score (nSPS) is 13.3. The summed E-state index contributed by atoms with van der Waals surface area (Å²) in [6.07, 6.45) is 7.56. The number of hydrogen-bond acceptors (Lipinski definition) is 4. The second-order valence-electron chi connectivity index (χ2n) is 17.4. The predicted molar refractivity (Wildman–Crippen MR) is 266 cm³/mol. The van der Waals surface area contributed by atoms with Crippen LogP contribution in [-0.4, -0.2) is 28.7 Å². The summed E-state index contributed by atoms with van der Waals surface area (Å²) in [6, 6.07) is 62.2. The molecular weight excluding hydrogens is 823 g/mol. The molecule has 7 aromatic carbocycles. The van der Waals surface area contributed by atoms with Crippen molar-refractivity contribution in [3.05, 3.63) is 234 Å². The molecule has 13 aromatic rings. The van der Waals surface area contributed by atoms with Gasteiger partial charge in [-0.1, -0.05) is 84.9 Å². The first kappa shape index (κ1) is 36.1. The van der Waals surface area contributed by atoms with E-state index in [-0.39, 0.29) is 0 Å². The molecule has 1 aliphatic carbocycles. The molecule has 1 aliphatic heterocycles. The zero-order valence-corrected chi connectivity index (χ0v) is 35.6. The van der Waals surface area contributed by atoms with Crippen molar-refractivity contribution in [1.29, 1.82) is 0 Å². The summed E-state index contributed by atoms with van der Waals surface area (Å²) in [6.45, 7) is 7.85. The van der Waals surface area contributed by atoms with Crippen molar-refractivity contribution in [2.45, 2.75) is 5.41 Å². The quantitative estimate of drug-likeness (QED) is 0.166. The fourth-order valence-corrected chi connectivity index (χ4v) is 11.7. The van der Waals surface area contributed by atoms with E-state index in [0.29, 0.717) is 5.69 Å².